The van der Waals surface area contributed by atoms with Gasteiger partial charge in [0.05, 0.1) is 18.5 Å². The number of aromatic amines is 1. The van der Waals surface area contributed by atoms with Crippen molar-refractivity contribution in [2.75, 3.05) is 18.6 Å². The molecule has 2 fully saturated rings. The van der Waals surface area contributed by atoms with Crippen molar-refractivity contribution in [2.45, 2.75) is 57.5 Å². The number of hydrogen-bond acceptors (Lipinski definition) is 4. The lowest BCUT2D eigenvalue weighted by molar-refractivity contribution is -0.125. The third kappa shape index (κ3) is 3.61. The van der Waals surface area contributed by atoms with Crippen molar-refractivity contribution in [2.24, 2.45) is 5.92 Å². The molecule has 37 heavy (non-hydrogen) atoms. The largest absolute Gasteiger partial charge is 0.497 e. The number of methoxy groups -OCH3 is 1. The molecular formula is C29H32N4O4. The van der Waals surface area contributed by atoms with Crippen molar-refractivity contribution in [3.8, 4) is 5.75 Å². The van der Waals surface area contributed by atoms with E-state index >= 15 is 0 Å². The van der Waals surface area contributed by atoms with Crippen LogP contribution in [-0.4, -0.2) is 47.4 Å². The number of rotatable bonds is 4. The lowest BCUT2D eigenvalue weighted by Crippen LogP contribution is -2.49. The van der Waals surface area contributed by atoms with Gasteiger partial charge in [0.15, 0.2) is 5.54 Å². The molecule has 8 heteroatoms. The molecule has 2 aromatic carbocycles. The number of fused-ring (bicyclic) bond motifs is 5. The Morgan fingerprint density at radius 1 is 1.08 bits per heavy atom. The van der Waals surface area contributed by atoms with Crippen molar-refractivity contribution < 1.29 is 19.1 Å². The lowest BCUT2D eigenvalue weighted by atomic mass is 9.87. The minimum Gasteiger partial charge on any atom is -0.497 e. The Hall–Kier alpha value is -3.81. The van der Waals surface area contributed by atoms with Gasteiger partial charge in [0.25, 0.3) is 11.8 Å². The summed E-state index contributed by atoms with van der Waals surface area (Å²) in [5.41, 5.74) is 2.56. The highest BCUT2D eigenvalue weighted by Crippen LogP contribution is 2.45. The zero-order valence-electron chi connectivity index (χ0n) is 21.5. The fourth-order valence-corrected chi connectivity index (χ4v) is 6.21. The Balaban J connectivity index is 1.27. The number of urea groups is 1. The van der Waals surface area contributed by atoms with Crippen molar-refractivity contribution >= 4 is 34.4 Å². The zero-order chi connectivity index (χ0) is 25.9. The van der Waals surface area contributed by atoms with Gasteiger partial charge < -0.3 is 19.9 Å². The molecule has 8 nitrogen and oxygen atoms in total. The van der Waals surface area contributed by atoms with Gasteiger partial charge in [0.2, 0.25) is 0 Å². The average Bonchev–Trinajstić information content (AvgIpc) is 3.38. The predicted octanol–water partition coefficient (Wildman–Crippen LogP) is 4.73. The predicted molar refractivity (Wildman–Crippen MR) is 141 cm³/mol. The highest BCUT2D eigenvalue weighted by Gasteiger charge is 2.59. The molecule has 2 aliphatic heterocycles. The number of anilines is 1. The molecule has 0 bridgehead atoms. The number of carbonyl (C=O) groups excluding carboxylic acids is 3. The Bertz CT molecular complexity index is 1400. The van der Waals surface area contributed by atoms with E-state index in [4.69, 9.17) is 4.74 Å². The molecule has 192 valence electrons. The average molecular weight is 501 g/mol. The van der Waals surface area contributed by atoms with Gasteiger partial charge in [-0.2, -0.15) is 0 Å². The summed E-state index contributed by atoms with van der Waals surface area (Å²) in [5, 5.41) is 4.14. The Morgan fingerprint density at radius 2 is 1.81 bits per heavy atom. The van der Waals surface area contributed by atoms with E-state index < -0.39 is 5.54 Å². The van der Waals surface area contributed by atoms with E-state index in [2.05, 4.69) is 17.2 Å². The van der Waals surface area contributed by atoms with Crippen LogP contribution < -0.4 is 15.0 Å². The van der Waals surface area contributed by atoms with Crippen LogP contribution in [0.15, 0.2) is 42.5 Å². The Morgan fingerprint density at radius 3 is 2.51 bits per heavy atom. The maximum Gasteiger partial charge on any atom is 0.332 e. The van der Waals surface area contributed by atoms with Crippen LogP contribution in [0.3, 0.4) is 0 Å². The first-order valence-corrected chi connectivity index (χ1v) is 13.1. The molecule has 0 spiro atoms. The standard InChI is InChI=1S/C29H32N4O4/c1-17-4-8-19(9-5-17)30-26(34)18-6-10-20(11-7-18)33-27(35)29(2)25-22(14-15-32(29)28(33)36)23-16-21(37-3)12-13-24(23)31-25/h6-7,10-13,16-17,19,31H,4-5,8-9,14-15H2,1-3H3,(H,30,34). The molecule has 1 aromatic heterocycles. The van der Waals surface area contributed by atoms with E-state index in [-0.39, 0.29) is 23.9 Å². The summed E-state index contributed by atoms with van der Waals surface area (Å²) >= 11 is 0. The van der Waals surface area contributed by atoms with Crippen LogP contribution in [0.25, 0.3) is 10.9 Å². The van der Waals surface area contributed by atoms with Crippen LogP contribution in [0.4, 0.5) is 10.5 Å². The van der Waals surface area contributed by atoms with Gasteiger partial charge in [-0.1, -0.05) is 6.92 Å². The van der Waals surface area contributed by atoms with E-state index in [0.29, 0.717) is 30.1 Å². The van der Waals surface area contributed by atoms with E-state index in [1.54, 1.807) is 36.3 Å². The molecule has 0 radical (unpaired) electrons. The quantitative estimate of drug-likeness (QED) is 0.507. The van der Waals surface area contributed by atoms with Gasteiger partial charge >= 0.3 is 6.03 Å². The summed E-state index contributed by atoms with van der Waals surface area (Å²) in [6.07, 6.45) is 4.90. The number of aromatic nitrogens is 1. The van der Waals surface area contributed by atoms with Gasteiger partial charge in [-0.05, 0) is 93.0 Å². The smallest absolute Gasteiger partial charge is 0.332 e. The first-order chi connectivity index (χ1) is 17.8. The molecule has 3 aliphatic rings. The second-order valence-electron chi connectivity index (χ2n) is 10.8. The number of nitrogens with one attached hydrogen (secondary N) is 2. The van der Waals surface area contributed by atoms with Crippen LogP contribution in [0.5, 0.6) is 5.75 Å². The second kappa shape index (κ2) is 8.64. The molecular weight excluding hydrogens is 468 g/mol. The molecule has 4 amide bonds. The van der Waals surface area contributed by atoms with E-state index in [1.165, 1.54) is 4.90 Å². The number of hydrogen-bond donors (Lipinski definition) is 2. The number of H-pyrrole nitrogens is 1. The maximum atomic E-state index is 13.9. The number of nitrogens with zero attached hydrogens (tertiary/aromatic N) is 2. The van der Waals surface area contributed by atoms with E-state index in [9.17, 15) is 14.4 Å². The van der Waals surface area contributed by atoms with Gasteiger partial charge in [-0.25, -0.2) is 9.69 Å². The summed E-state index contributed by atoms with van der Waals surface area (Å²) in [4.78, 5) is 46.5. The van der Waals surface area contributed by atoms with Crippen molar-refractivity contribution in [3.05, 3.63) is 59.3 Å². The monoisotopic (exact) mass is 500 g/mol. The zero-order valence-corrected chi connectivity index (χ0v) is 21.5. The van der Waals surface area contributed by atoms with Crippen LogP contribution in [0.1, 0.15) is 61.1 Å². The summed E-state index contributed by atoms with van der Waals surface area (Å²) in [6.45, 7) is 4.50. The van der Waals surface area contributed by atoms with Gasteiger partial charge in [-0.15, -0.1) is 0 Å². The van der Waals surface area contributed by atoms with Crippen molar-refractivity contribution in [1.29, 1.82) is 0 Å². The first-order valence-electron chi connectivity index (χ1n) is 13.1. The van der Waals surface area contributed by atoms with Gasteiger partial charge in [0.1, 0.15) is 5.75 Å². The van der Waals surface area contributed by atoms with Crippen LogP contribution >= 0.6 is 0 Å². The third-order valence-electron chi connectivity index (χ3n) is 8.51. The molecule has 1 atom stereocenters. The molecule has 2 N–H and O–H groups in total. The lowest BCUT2D eigenvalue weighted by Gasteiger charge is -2.35. The number of carbonyl (C=O) groups is 3. The van der Waals surface area contributed by atoms with Crippen LogP contribution in [0, 0.1) is 5.92 Å². The third-order valence-corrected chi connectivity index (χ3v) is 8.51. The van der Waals surface area contributed by atoms with Crippen molar-refractivity contribution in [3.63, 3.8) is 0 Å². The number of amides is 4. The SMILES string of the molecule is COc1ccc2[nH]c3c(c2c1)CCN1C(=O)N(c2ccc(C(=O)NC4CCC(C)CC4)cc2)C(=O)C31C. The molecule has 6 rings (SSSR count). The topological polar surface area (TPSA) is 94.7 Å². The van der Waals surface area contributed by atoms with Crippen molar-refractivity contribution in [1.82, 2.24) is 15.2 Å². The molecule has 1 saturated heterocycles. The fourth-order valence-electron chi connectivity index (χ4n) is 6.21. The summed E-state index contributed by atoms with van der Waals surface area (Å²) in [5.74, 6) is 1.05. The Labute approximate surface area is 216 Å². The van der Waals surface area contributed by atoms with E-state index in [0.717, 1.165) is 53.6 Å². The number of benzene rings is 2. The normalized spacial score (nSPS) is 25.3. The summed E-state index contributed by atoms with van der Waals surface area (Å²) in [7, 11) is 1.63. The van der Waals surface area contributed by atoms with E-state index in [1.807, 2.05) is 25.1 Å². The number of imide groups is 1. The molecule has 1 saturated carbocycles. The second-order valence-corrected chi connectivity index (χ2v) is 10.8. The van der Waals surface area contributed by atoms with Gasteiger partial charge in [0, 0.05) is 29.1 Å². The number of ether oxygens (including phenoxy) is 1. The fraction of sp³-hybridized carbons (Fsp3) is 0.414. The molecule has 3 aromatic rings. The molecule has 1 aliphatic carbocycles. The summed E-state index contributed by atoms with van der Waals surface area (Å²) in [6, 6.07) is 12.4. The first kappa shape index (κ1) is 23.6. The summed E-state index contributed by atoms with van der Waals surface area (Å²) < 4.78 is 5.40. The molecule has 3 heterocycles. The van der Waals surface area contributed by atoms with Gasteiger partial charge in [-0.3, -0.25) is 9.59 Å². The Kier molecular flexibility index (Phi) is 5.51. The minimum atomic E-state index is -1.13. The minimum absolute atomic E-state index is 0.118. The van der Waals surface area contributed by atoms with Crippen LogP contribution in [-0.2, 0) is 16.8 Å². The molecule has 1 unspecified atom stereocenters. The highest BCUT2D eigenvalue weighted by molar-refractivity contribution is 6.23. The highest BCUT2D eigenvalue weighted by atomic mass is 16.5. The maximum absolute atomic E-state index is 13.9. The van der Waals surface area contributed by atoms with Crippen LogP contribution in [0.2, 0.25) is 0 Å².